The summed E-state index contributed by atoms with van der Waals surface area (Å²) < 4.78 is 2.12. The lowest BCUT2D eigenvalue weighted by Gasteiger charge is -2.10. The zero-order valence-corrected chi connectivity index (χ0v) is 15.3. The van der Waals surface area contributed by atoms with E-state index in [1.54, 1.807) is 29.8 Å². The van der Waals surface area contributed by atoms with E-state index in [9.17, 15) is 9.90 Å². The van der Waals surface area contributed by atoms with Crippen LogP contribution in [-0.4, -0.2) is 25.6 Å². The molecule has 1 N–H and O–H groups in total. The normalized spacial score (nSPS) is 11.0. The maximum atomic E-state index is 11.7. The Morgan fingerprint density at radius 2 is 2.04 bits per heavy atom. The van der Waals surface area contributed by atoms with Crippen LogP contribution < -0.4 is 0 Å². The van der Waals surface area contributed by atoms with Crippen molar-refractivity contribution in [3.63, 3.8) is 0 Å². The molecule has 0 radical (unpaired) electrons. The summed E-state index contributed by atoms with van der Waals surface area (Å²) in [6, 6.07) is 3.31. The molecule has 0 aliphatic carbocycles. The summed E-state index contributed by atoms with van der Waals surface area (Å²) in [4.78, 5) is 20.8. The largest absolute Gasteiger partial charge is 0.477 e. The zero-order chi connectivity index (χ0) is 17.4. The lowest BCUT2D eigenvalue weighted by molar-refractivity contribution is 0.0685. The smallest absolute Gasteiger partial charge is 0.354 e. The van der Waals surface area contributed by atoms with Gasteiger partial charge in [-0.3, -0.25) is 4.98 Å². The zero-order valence-electron chi connectivity index (χ0n) is 12.3. The number of aryl methyl sites for hydroxylation is 1. The minimum Gasteiger partial charge on any atom is -0.477 e. The van der Waals surface area contributed by atoms with Crippen molar-refractivity contribution < 1.29 is 9.90 Å². The van der Waals surface area contributed by atoms with Crippen molar-refractivity contribution in [2.24, 2.45) is 0 Å². The van der Waals surface area contributed by atoms with Crippen LogP contribution in [0.2, 0.25) is 14.4 Å². The van der Waals surface area contributed by atoms with Crippen molar-refractivity contribution in [2.45, 2.75) is 13.5 Å². The summed E-state index contributed by atoms with van der Waals surface area (Å²) in [5, 5.41) is 10.5. The van der Waals surface area contributed by atoms with Crippen LogP contribution in [0.4, 0.5) is 0 Å². The predicted molar refractivity (Wildman–Crippen MR) is 95.6 cm³/mol. The van der Waals surface area contributed by atoms with E-state index in [0.717, 1.165) is 4.88 Å². The Labute approximate surface area is 156 Å². The molecule has 0 fully saturated rings. The summed E-state index contributed by atoms with van der Waals surface area (Å²) in [6.07, 6.45) is 3.08. The fraction of sp³-hybridized carbons (Fsp3) is 0.133. The van der Waals surface area contributed by atoms with Crippen molar-refractivity contribution in [1.82, 2.24) is 14.5 Å². The highest BCUT2D eigenvalue weighted by atomic mass is 35.5. The Hall–Kier alpha value is -1.60. The standard InChI is InChI=1S/C15H10Cl3N3O2S/c1-7-13(15(22)23)21(6-11-10(17)3-12(18)24-11)14(20-7)8-2-9(16)5-19-4-8/h2-5H,6H2,1H3,(H,22,23). The first-order valence-electron chi connectivity index (χ1n) is 6.72. The Morgan fingerprint density at radius 1 is 1.29 bits per heavy atom. The highest BCUT2D eigenvalue weighted by molar-refractivity contribution is 7.16. The van der Waals surface area contributed by atoms with E-state index >= 15 is 0 Å². The minimum absolute atomic E-state index is 0.0885. The number of hydrogen-bond acceptors (Lipinski definition) is 4. The average molecular weight is 403 g/mol. The molecule has 3 rings (SSSR count). The number of carboxylic acids is 1. The number of carboxylic acid groups (broad SMARTS) is 1. The number of hydrogen-bond donors (Lipinski definition) is 1. The van der Waals surface area contributed by atoms with Crippen LogP contribution >= 0.6 is 46.1 Å². The van der Waals surface area contributed by atoms with Gasteiger partial charge in [-0.2, -0.15) is 0 Å². The van der Waals surface area contributed by atoms with Gasteiger partial charge in [0.2, 0.25) is 0 Å². The van der Waals surface area contributed by atoms with Crippen molar-refractivity contribution >= 4 is 52.1 Å². The van der Waals surface area contributed by atoms with Gasteiger partial charge in [0.1, 0.15) is 5.82 Å². The van der Waals surface area contributed by atoms with Crippen LogP contribution in [0.15, 0.2) is 24.5 Å². The molecule has 0 atom stereocenters. The van der Waals surface area contributed by atoms with Gasteiger partial charge >= 0.3 is 5.97 Å². The molecule has 124 valence electrons. The van der Waals surface area contributed by atoms with E-state index in [2.05, 4.69) is 9.97 Å². The molecular weight excluding hydrogens is 393 g/mol. The van der Waals surface area contributed by atoms with Gasteiger partial charge in [-0.25, -0.2) is 9.78 Å². The third-order valence-electron chi connectivity index (χ3n) is 3.34. The molecule has 0 saturated heterocycles. The number of aromatic carboxylic acids is 1. The second-order valence-electron chi connectivity index (χ2n) is 4.97. The number of carbonyl (C=O) groups is 1. The van der Waals surface area contributed by atoms with Crippen molar-refractivity contribution in [3.8, 4) is 11.4 Å². The summed E-state index contributed by atoms with van der Waals surface area (Å²) in [6.45, 7) is 1.88. The van der Waals surface area contributed by atoms with E-state index < -0.39 is 5.97 Å². The fourth-order valence-corrected chi connectivity index (χ4v) is 4.11. The molecule has 0 aliphatic heterocycles. The molecule has 0 saturated carbocycles. The van der Waals surface area contributed by atoms with Gasteiger partial charge in [-0.15, -0.1) is 11.3 Å². The van der Waals surface area contributed by atoms with Gasteiger partial charge in [0.25, 0.3) is 0 Å². The Kier molecular flexibility index (Phi) is 4.83. The lowest BCUT2D eigenvalue weighted by Crippen LogP contribution is -2.11. The molecule has 3 aromatic rings. The van der Waals surface area contributed by atoms with Crippen LogP contribution in [0.25, 0.3) is 11.4 Å². The number of thiophene rings is 1. The van der Waals surface area contributed by atoms with Gasteiger partial charge in [-0.1, -0.05) is 34.8 Å². The van der Waals surface area contributed by atoms with Gasteiger partial charge < -0.3 is 9.67 Å². The molecule has 24 heavy (non-hydrogen) atoms. The molecular formula is C15H10Cl3N3O2S. The van der Waals surface area contributed by atoms with Gasteiger partial charge in [0.05, 0.1) is 26.6 Å². The van der Waals surface area contributed by atoms with Crippen LogP contribution in [0, 0.1) is 6.92 Å². The SMILES string of the molecule is Cc1nc(-c2cncc(Cl)c2)n(Cc2sc(Cl)cc2Cl)c1C(=O)O. The van der Waals surface area contributed by atoms with Crippen molar-refractivity contribution in [2.75, 3.05) is 0 Å². The number of pyridine rings is 1. The topological polar surface area (TPSA) is 68.0 Å². The molecule has 0 unspecified atom stereocenters. The van der Waals surface area contributed by atoms with Crippen LogP contribution in [0.5, 0.6) is 0 Å². The predicted octanol–water partition coefficient (Wildman–Crippen LogP) is 5.02. The lowest BCUT2D eigenvalue weighted by atomic mass is 10.2. The van der Waals surface area contributed by atoms with E-state index in [1.807, 2.05) is 0 Å². The summed E-state index contributed by atoms with van der Waals surface area (Å²) in [7, 11) is 0. The first kappa shape index (κ1) is 17.2. The first-order chi connectivity index (χ1) is 11.4. The molecule has 0 bridgehead atoms. The van der Waals surface area contributed by atoms with E-state index in [-0.39, 0.29) is 12.2 Å². The van der Waals surface area contributed by atoms with E-state index in [4.69, 9.17) is 34.8 Å². The van der Waals surface area contributed by atoms with Gasteiger partial charge in [-0.05, 0) is 19.1 Å². The molecule has 3 heterocycles. The molecule has 0 spiro atoms. The van der Waals surface area contributed by atoms with Crippen LogP contribution in [0.3, 0.4) is 0 Å². The number of imidazole rings is 1. The van der Waals surface area contributed by atoms with E-state index in [0.29, 0.717) is 31.5 Å². The summed E-state index contributed by atoms with van der Waals surface area (Å²) in [5.41, 5.74) is 1.11. The third kappa shape index (κ3) is 3.28. The second-order valence-corrected chi connectivity index (χ2v) is 7.59. The maximum Gasteiger partial charge on any atom is 0.354 e. The van der Waals surface area contributed by atoms with Crippen LogP contribution in [0.1, 0.15) is 21.1 Å². The maximum absolute atomic E-state index is 11.7. The Morgan fingerprint density at radius 3 is 2.62 bits per heavy atom. The van der Waals surface area contributed by atoms with Gasteiger partial charge in [0.15, 0.2) is 5.69 Å². The number of rotatable bonds is 4. The first-order valence-corrected chi connectivity index (χ1v) is 8.67. The number of nitrogens with zero attached hydrogens (tertiary/aromatic N) is 3. The highest BCUT2D eigenvalue weighted by Gasteiger charge is 2.23. The third-order valence-corrected chi connectivity index (χ3v) is 5.24. The van der Waals surface area contributed by atoms with E-state index in [1.165, 1.54) is 17.5 Å². The summed E-state index contributed by atoms with van der Waals surface area (Å²) in [5.74, 6) is -0.611. The molecule has 3 aromatic heterocycles. The van der Waals surface area contributed by atoms with Crippen molar-refractivity contribution in [3.05, 3.63) is 55.2 Å². The molecule has 0 aliphatic rings. The highest BCUT2D eigenvalue weighted by Crippen LogP contribution is 2.33. The van der Waals surface area contributed by atoms with Crippen molar-refractivity contribution in [1.29, 1.82) is 0 Å². The molecule has 0 amide bonds. The average Bonchev–Trinajstić information content (AvgIpc) is 2.99. The second kappa shape index (κ2) is 6.72. The summed E-state index contributed by atoms with van der Waals surface area (Å²) >= 11 is 19.4. The molecule has 0 aromatic carbocycles. The Balaban J connectivity index is 2.18. The van der Waals surface area contributed by atoms with Gasteiger partial charge in [0, 0.05) is 22.8 Å². The molecule has 9 heteroatoms. The fourth-order valence-electron chi connectivity index (χ4n) is 2.38. The number of halogens is 3. The molecule has 5 nitrogen and oxygen atoms in total. The Bertz CT molecular complexity index is 936. The van der Waals surface area contributed by atoms with Crippen LogP contribution in [-0.2, 0) is 6.54 Å². The number of aromatic nitrogens is 3. The quantitative estimate of drug-likeness (QED) is 0.665. The minimum atomic E-state index is -1.07. The monoisotopic (exact) mass is 401 g/mol.